The Labute approximate surface area is 111 Å². The van der Waals surface area contributed by atoms with E-state index < -0.39 is 23.5 Å². The summed E-state index contributed by atoms with van der Waals surface area (Å²) in [4.78, 5) is 0. The molecule has 0 fully saturated rings. The Morgan fingerprint density at radius 3 is 2.17 bits per heavy atom. The number of hydrogen-bond donors (Lipinski definition) is 1. The molecule has 1 atom stereocenters. The largest absolute Gasteiger partial charge is 0.320 e. The van der Waals surface area contributed by atoms with E-state index in [1.807, 2.05) is 0 Å². The van der Waals surface area contributed by atoms with Crippen LogP contribution in [0.3, 0.4) is 0 Å². The van der Waals surface area contributed by atoms with Crippen molar-refractivity contribution in [2.45, 2.75) is 6.04 Å². The average Bonchev–Trinajstić information content (AvgIpc) is 2.33. The molecule has 0 saturated carbocycles. The van der Waals surface area contributed by atoms with E-state index >= 15 is 0 Å². The van der Waals surface area contributed by atoms with Crippen LogP contribution in [0.5, 0.6) is 0 Å². The molecule has 2 rings (SSSR count). The number of benzene rings is 2. The van der Waals surface area contributed by atoms with E-state index in [1.54, 1.807) is 24.3 Å². The van der Waals surface area contributed by atoms with Gasteiger partial charge in [-0.1, -0.05) is 34.1 Å². The molecule has 0 radical (unpaired) electrons. The van der Waals surface area contributed by atoms with Crippen molar-refractivity contribution < 1.29 is 13.2 Å². The van der Waals surface area contributed by atoms with Crippen LogP contribution in [0.4, 0.5) is 13.2 Å². The lowest BCUT2D eigenvalue weighted by molar-refractivity contribution is 0.487. The van der Waals surface area contributed by atoms with Gasteiger partial charge in [-0.15, -0.1) is 0 Å². The minimum absolute atomic E-state index is 0.0826. The van der Waals surface area contributed by atoms with Crippen LogP contribution in [-0.2, 0) is 0 Å². The van der Waals surface area contributed by atoms with Crippen molar-refractivity contribution in [1.29, 1.82) is 0 Å². The lowest BCUT2D eigenvalue weighted by atomic mass is 9.99. The summed E-state index contributed by atoms with van der Waals surface area (Å²) in [6, 6.07) is 7.37. The van der Waals surface area contributed by atoms with Gasteiger partial charge in [-0.2, -0.15) is 0 Å². The Kier molecular flexibility index (Phi) is 3.73. The van der Waals surface area contributed by atoms with E-state index in [0.717, 1.165) is 6.07 Å². The first-order valence-electron chi connectivity index (χ1n) is 5.15. The second-order valence-electron chi connectivity index (χ2n) is 3.79. The minimum atomic E-state index is -1.23. The van der Waals surface area contributed by atoms with Gasteiger partial charge in [0, 0.05) is 16.1 Å². The lowest BCUT2D eigenvalue weighted by Crippen LogP contribution is -2.15. The summed E-state index contributed by atoms with van der Waals surface area (Å²) in [6.45, 7) is 0. The molecule has 0 spiro atoms. The molecule has 5 heteroatoms. The maximum atomic E-state index is 13.6. The van der Waals surface area contributed by atoms with Crippen molar-refractivity contribution in [2.24, 2.45) is 5.73 Å². The third-order valence-electron chi connectivity index (χ3n) is 2.61. The highest BCUT2D eigenvalue weighted by Gasteiger charge is 2.18. The Hall–Kier alpha value is -1.33. The first-order chi connectivity index (χ1) is 8.50. The molecule has 0 aromatic heterocycles. The van der Waals surface area contributed by atoms with Gasteiger partial charge >= 0.3 is 0 Å². The summed E-state index contributed by atoms with van der Waals surface area (Å²) in [5.74, 6) is -3.21. The normalized spacial score (nSPS) is 12.5. The van der Waals surface area contributed by atoms with Gasteiger partial charge in [0.1, 0.15) is 5.82 Å². The van der Waals surface area contributed by atoms with E-state index in [2.05, 4.69) is 15.9 Å². The number of halogens is 4. The van der Waals surface area contributed by atoms with Crippen LogP contribution in [0, 0.1) is 17.5 Å². The summed E-state index contributed by atoms with van der Waals surface area (Å²) in [6.07, 6.45) is 0. The zero-order valence-corrected chi connectivity index (χ0v) is 10.7. The molecule has 0 amide bonds. The number of rotatable bonds is 2. The Balaban J connectivity index is 2.50. The van der Waals surface area contributed by atoms with E-state index in [4.69, 9.17) is 5.73 Å². The smallest absolute Gasteiger partial charge is 0.161 e. The fourth-order valence-electron chi connectivity index (χ4n) is 1.67. The highest BCUT2D eigenvalue weighted by molar-refractivity contribution is 9.10. The highest BCUT2D eigenvalue weighted by Crippen LogP contribution is 2.29. The van der Waals surface area contributed by atoms with Crippen LogP contribution in [0.25, 0.3) is 0 Å². The SMILES string of the molecule is NC(c1cc(F)c(F)cc1F)c1ccccc1Br. The van der Waals surface area contributed by atoms with Crippen molar-refractivity contribution in [3.05, 3.63) is 69.4 Å². The molecule has 2 aromatic rings. The molecule has 0 saturated heterocycles. The first-order valence-corrected chi connectivity index (χ1v) is 5.94. The second kappa shape index (κ2) is 5.12. The molecule has 0 heterocycles. The molecule has 0 bridgehead atoms. The Morgan fingerprint density at radius 1 is 0.889 bits per heavy atom. The quantitative estimate of drug-likeness (QED) is 0.835. The molecule has 94 valence electrons. The summed E-state index contributed by atoms with van der Waals surface area (Å²) in [5, 5.41) is 0. The maximum absolute atomic E-state index is 13.6. The number of nitrogens with two attached hydrogens (primary N) is 1. The van der Waals surface area contributed by atoms with Crippen LogP contribution in [0.2, 0.25) is 0 Å². The number of hydrogen-bond acceptors (Lipinski definition) is 1. The van der Waals surface area contributed by atoms with Crippen LogP contribution < -0.4 is 5.73 Å². The van der Waals surface area contributed by atoms with Crippen molar-refractivity contribution in [3.8, 4) is 0 Å². The van der Waals surface area contributed by atoms with E-state index in [0.29, 0.717) is 16.1 Å². The molecular weight excluding hydrogens is 307 g/mol. The van der Waals surface area contributed by atoms with Crippen LogP contribution in [-0.4, -0.2) is 0 Å². The Bertz CT molecular complexity index is 586. The third-order valence-corrected chi connectivity index (χ3v) is 3.34. The summed E-state index contributed by atoms with van der Waals surface area (Å²) >= 11 is 3.28. The molecule has 1 nitrogen and oxygen atoms in total. The lowest BCUT2D eigenvalue weighted by Gasteiger charge is -2.15. The topological polar surface area (TPSA) is 26.0 Å². The average molecular weight is 316 g/mol. The van der Waals surface area contributed by atoms with Gasteiger partial charge in [0.05, 0.1) is 6.04 Å². The Morgan fingerprint density at radius 2 is 1.50 bits per heavy atom. The van der Waals surface area contributed by atoms with Crippen LogP contribution in [0.15, 0.2) is 40.9 Å². The monoisotopic (exact) mass is 315 g/mol. The highest BCUT2D eigenvalue weighted by atomic mass is 79.9. The van der Waals surface area contributed by atoms with Crippen molar-refractivity contribution in [3.63, 3.8) is 0 Å². The zero-order valence-electron chi connectivity index (χ0n) is 9.13. The standard InChI is InChI=1S/C13H9BrF3N/c14-9-4-2-1-3-7(9)13(18)8-5-11(16)12(17)6-10(8)15/h1-6,13H,18H2. The fraction of sp³-hybridized carbons (Fsp3) is 0.0769. The van der Waals surface area contributed by atoms with Gasteiger partial charge in [-0.25, -0.2) is 13.2 Å². The molecule has 2 N–H and O–H groups in total. The molecule has 18 heavy (non-hydrogen) atoms. The van der Waals surface area contributed by atoms with E-state index in [-0.39, 0.29) is 5.56 Å². The molecule has 0 aliphatic heterocycles. The minimum Gasteiger partial charge on any atom is -0.320 e. The molecule has 0 aliphatic carbocycles. The molecular formula is C13H9BrF3N. The second-order valence-corrected chi connectivity index (χ2v) is 4.64. The van der Waals surface area contributed by atoms with Gasteiger partial charge in [0.2, 0.25) is 0 Å². The van der Waals surface area contributed by atoms with Crippen molar-refractivity contribution in [2.75, 3.05) is 0 Å². The van der Waals surface area contributed by atoms with Gasteiger partial charge in [0.15, 0.2) is 11.6 Å². The third kappa shape index (κ3) is 2.42. The molecule has 1 unspecified atom stereocenters. The first kappa shape index (κ1) is 13.1. The van der Waals surface area contributed by atoms with Gasteiger partial charge in [-0.3, -0.25) is 0 Å². The van der Waals surface area contributed by atoms with Gasteiger partial charge in [0.25, 0.3) is 0 Å². The summed E-state index contributed by atoms with van der Waals surface area (Å²) < 4.78 is 40.2. The predicted molar refractivity (Wildman–Crippen MR) is 66.5 cm³/mol. The molecule has 0 aliphatic rings. The van der Waals surface area contributed by atoms with Crippen LogP contribution in [0.1, 0.15) is 17.2 Å². The zero-order chi connectivity index (χ0) is 13.3. The summed E-state index contributed by atoms with van der Waals surface area (Å²) in [5.41, 5.74) is 6.39. The fourth-order valence-corrected chi connectivity index (χ4v) is 2.20. The van der Waals surface area contributed by atoms with Crippen molar-refractivity contribution in [1.82, 2.24) is 0 Å². The maximum Gasteiger partial charge on any atom is 0.161 e. The van der Waals surface area contributed by atoms with Gasteiger partial charge < -0.3 is 5.73 Å². The van der Waals surface area contributed by atoms with E-state index in [1.165, 1.54) is 0 Å². The van der Waals surface area contributed by atoms with E-state index in [9.17, 15) is 13.2 Å². The van der Waals surface area contributed by atoms with Crippen LogP contribution >= 0.6 is 15.9 Å². The van der Waals surface area contributed by atoms with Gasteiger partial charge in [-0.05, 0) is 17.7 Å². The summed E-state index contributed by atoms with van der Waals surface area (Å²) in [7, 11) is 0. The van der Waals surface area contributed by atoms with Crippen molar-refractivity contribution >= 4 is 15.9 Å². The molecule has 2 aromatic carbocycles. The predicted octanol–water partition coefficient (Wildman–Crippen LogP) is 3.91.